The maximum atomic E-state index is 12.2. The topological polar surface area (TPSA) is 38.3 Å². The van der Waals surface area contributed by atoms with Crippen molar-refractivity contribution in [1.82, 2.24) is 5.32 Å². The summed E-state index contributed by atoms with van der Waals surface area (Å²) in [7, 11) is 0. The van der Waals surface area contributed by atoms with Crippen LogP contribution in [-0.2, 0) is 17.6 Å². The Morgan fingerprint density at radius 1 is 1.04 bits per heavy atom. The van der Waals surface area contributed by atoms with Crippen LogP contribution in [0, 0.1) is 13.8 Å². The van der Waals surface area contributed by atoms with E-state index in [-0.39, 0.29) is 18.6 Å². The van der Waals surface area contributed by atoms with Gasteiger partial charge in [0.15, 0.2) is 6.61 Å². The fraction of sp³-hybridized carbons (Fsp3) is 0.409. The summed E-state index contributed by atoms with van der Waals surface area (Å²) in [6.07, 6.45) is 4.88. The monoisotopic (exact) mass is 337 g/mol. The summed E-state index contributed by atoms with van der Waals surface area (Å²) in [6.45, 7) is 6.17. The summed E-state index contributed by atoms with van der Waals surface area (Å²) in [4.78, 5) is 12.2. The van der Waals surface area contributed by atoms with Crippen LogP contribution in [0.2, 0.25) is 0 Å². The first-order chi connectivity index (χ1) is 12.0. The minimum Gasteiger partial charge on any atom is -0.484 e. The zero-order valence-corrected chi connectivity index (χ0v) is 15.4. The van der Waals surface area contributed by atoms with Crippen molar-refractivity contribution in [2.24, 2.45) is 0 Å². The molecule has 1 aliphatic carbocycles. The van der Waals surface area contributed by atoms with Gasteiger partial charge in [0.1, 0.15) is 5.75 Å². The largest absolute Gasteiger partial charge is 0.484 e. The molecule has 0 saturated heterocycles. The number of rotatable bonds is 5. The molecule has 1 aliphatic rings. The van der Waals surface area contributed by atoms with Crippen LogP contribution in [0.25, 0.3) is 0 Å². The molecule has 25 heavy (non-hydrogen) atoms. The van der Waals surface area contributed by atoms with Gasteiger partial charge in [-0.25, -0.2) is 0 Å². The average Bonchev–Trinajstić information content (AvgIpc) is 2.62. The quantitative estimate of drug-likeness (QED) is 0.876. The Labute approximate surface area is 150 Å². The molecule has 3 nitrogen and oxygen atoms in total. The molecular weight excluding hydrogens is 310 g/mol. The second kappa shape index (κ2) is 7.73. The molecule has 0 heterocycles. The fourth-order valence-corrected chi connectivity index (χ4v) is 3.34. The molecule has 0 saturated carbocycles. The highest BCUT2D eigenvalue weighted by Crippen LogP contribution is 2.24. The normalized spacial score (nSPS) is 14.5. The molecule has 3 heteroatoms. The van der Waals surface area contributed by atoms with E-state index in [1.807, 2.05) is 32.0 Å². The van der Waals surface area contributed by atoms with Crippen LogP contribution in [0.3, 0.4) is 0 Å². The number of fused-ring (bicyclic) bond motifs is 1. The molecule has 3 rings (SSSR count). The van der Waals surface area contributed by atoms with Crippen molar-refractivity contribution >= 4 is 5.91 Å². The molecule has 2 aromatic carbocycles. The highest BCUT2D eigenvalue weighted by molar-refractivity contribution is 5.78. The molecule has 0 fully saturated rings. The van der Waals surface area contributed by atoms with Crippen LogP contribution in [0.1, 0.15) is 53.6 Å². The molecule has 132 valence electrons. The molecule has 0 spiro atoms. The molecule has 1 atom stereocenters. The molecule has 1 amide bonds. The molecule has 0 radical (unpaired) electrons. The van der Waals surface area contributed by atoms with Crippen molar-refractivity contribution in [3.63, 3.8) is 0 Å². The van der Waals surface area contributed by atoms with Crippen molar-refractivity contribution in [2.75, 3.05) is 6.61 Å². The van der Waals surface area contributed by atoms with Crippen LogP contribution in [0.15, 0.2) is 36.4 Å². The van der Waals surface area contributed by atoms with E-state index >= 15 is 0 Å². The SMILES string of the molecule is Cc1ccc(OCC(=O)N[C@@H](C)c2ccc3c(c2)CCCC3)cc1C. The molecule has 2 aromatic rings. The van der Waals surface area contributed by atoms with Crippen molar-refractivity contribution in [3.8, 4) is 5.75 Å². The van der Waals surface area contributed by atoms with Crippen LogP contribution >= 0.6 is 0 Å². The lowest BCUT2D eigenvalue weighted by atomic mass is 9.89. The maximum absolute atomic E-state index is 12.2. The third kappa shape index (κ3) is 4.41. The number of ether oxygens (including phenoxy) is 1. The smallest absolute Gasteiger partial charge is 0.258 e. The standard InChI is InChI=1S/C22H27NO2/c1-15-8-11-21(12-16(15)2)25-14-22(24)23-17(3)19-10-9-18-6-4-5-7-20(18)13-19/h8-13,17H,4-7,14H2,1-3H3,(H,23,24)/t17-/m0/s1. The third-order valence-corrected chi connectivity index (χ3v) is 5.10. The molecule has 0 aliphatic heterocycles. The second-order valence-corrected chi connectivity index (χ2v) is 7.06. The van der Waals surface area contributed by atoms with Crippen LogP contribution < -0.4 is 10.1 Å². The Bertz CT molecular complexity index is 767. The van der Waals surface area contributed by atoms with Crippen LogP contribution in [-0.4, -0.2) is 12.5 Å². The van der Waals surface area contributed by atoms with Gasteiger partial charge < -0.3 is 10.1 Å². The van der Waals surface area contributed by atoms with Gasteiger partial charge in [-0.05, 0) is 86.4 Å². The Morgan fingerprint density at radius 3 is 2.56 bits per heavy atom. The molecule has 0 unspecified atom stereocenters. The van der Waals surface area contributed by atoms with Gasteiger partial charge in [-0.1, -0.05) is 24.3 Å². The summed E-state index contributed by atoms with van der Waals surface area (Å²) in [5, 5.41) is 3.04. The van der Waals surface area contributed by atoms with Gasteiger partial charge in [-0.15, -0.1) is 0 Å². The van der Waals surface area contributed by atoms with Crippen LogP contribution in [0.4, 0.5) is 0 Å². The number of hydrogen-bond donors (Lipinski definition) is 1. The van der Waals surface area contributed by atoms with Gasteiger partial charge in [-0.3, -0.25) is 4.79 Å². The number of hydrogen-bond acceptors (Lipinski definition) is 2. The van der Waals surface area contributed by atoms with E-state index in [4.69, 9.17) is 4.74 Å². The van der Waals surface area contributed by atoms with Gasteiger partial charge >= 0.3 is 0 Å². The predicted molar refractivity (Wildman–Crippen MR) is 101 cm³/mol. The fourth-order valence-electron chi connectivity index (χ4n) is 3.34. The molecular formula is C22H27NO2. The molecule has 1 N–H and O–H groups in total. The molecule has 0 aromatic heterocycles. The number of carbonyl (C=O) groups excluding carboxylic acids is 1. The van der Waals surface area contributed by atoms with Crippen molar-refractivity contribution in [3.05, 3.63) is 64.2 Å². The van der Waals surface area contributed by atoms with E-state index < -0.39 is 0 Å². The molecule has 0 bridgehead atoms. The van der Waals surface area contributed by atoms with Gasteiger partial charge in [0.25, 0.3) is 5.91 Å². The Kier molecular flexibility index (Phi) is 5.42. The van der Waals surface area contributed by atoms with Crippen molar-refractivity contribution < 1.29 is 9.53 Å². The van der Waals surface area contributed by atoms with Crippen LogP contribution in [0.5, 0.6) is 5.75 Å². The number of carbonyl (C=O) groups is 1. The summed E-state index contributed by atoms with van der Waals surface area (Å²) in [5.74, 6) is 0.642. The Morgan fingerprint density at radius 2 is 1.80 bits per heavy atom. The van der Waals surface area contributed by atoms with Gasteiger partial charge in [-0.2, -0.15) is 0 Å². The minimum atomic E-state index is -0.0940. The first-order valence-electron chi connectivity index (χ1n) is 9.14. The number of benzene rings is 2. The zero-order valence-electron chi connectivity index (χ0n) is 15.4. The predicted octanol–water partition coefficient (Wildman–Crippen LogP) is 4.44. The second-order valence-electron chi connectivity index (χ2n) is 7.06. The van der Waals surface area contributed by atoms with E-state index in [0.29, 0.717) is 0 Å². The maximum Gasteiger partial charge on any atom is 0.258 e. The zero-order chi connectivity index (χ0) is 17.8. The van der Waals surface area contributed by atoms with E-state index in [1.54, 1.807) is 0 Å². The minimum absolute atomic E-state index is 0.0110. The lowest BCUT2D eigenvalue weighted by Gasteiger charge is -2.20. The third-order valence-electron chi connectivity index (χ3n) is 5.10. The highest BCUT2D eigenvalue weighted by atomic mass is 16.5. The summed E-state index contributed by atoms with van der Waals surface area (Å²) in [5.41, 5.74) is 6.46. The lowest BCUT2D eigenvalue weighted by Crippen LogP contribution is -2.31. The summed E-state index contributed by atoms with van der Waals surface area (Å²) >= 11 is 0. The first kappa shape index (κ1) is 17.5. The van der Waals surface area contributed by atoms with Crippen molar-refractivity contribution in [2.45, 2.75) is 52.5 Å². The highest BCUT2D eigenvalue weighted by Gasteiger charge is 2.14. The van der Waals surface area contributed by atoms with Gasteiger partial charge in [0, 0.05) is 0 Å². The number of aryl methyl sites for hydroxylation is 4. The summed E-state index contributed by atoms with van der Waals surface area (Å²) < 4.78 is 5.62. The van der Waals surface area contributed by atoms with E-state index in [2.05, 4.69) is 30.4 Å². The van der Waals surface area contributed by atoms with Gasteiger partial charge in [0.05, 0.1) is 6.04 Å². The lowest BCUT2D eigenvalue weighted by molar-refractivity contribution is -0.123. The van der Waals surface area contributed by atoms with E-state index in [9.17, 15) is 4.79 Å². The van der Waals surface area contributed by atoms with Crippen molar-refractivity contribution in [1.29, 1.82) is 0 Å². The first-order valence-corrected chi connectivity index (χ1v) is 9.14. The summed E-state index contributed by atoms with van der Waals surface area (Å²) in [6, 6.07) is 12.5. The van der Waals surface area contributed by atoms with E-state index in [0.717, 1.165) is 12.2 Å². The number of amides is 1. The number of nitrogens with one attached hydrogen (secondary N) is 1. The average molecular weight is 337 g/mol. The Hall–Kier alpha value is -2.29. The van der Waals surface area contributed by atoms with Gasteiger partial charge in [0.2, 0.25) is 0 Å². The van der Waals surface area contributed by atoms with E-state index in [1.165, 1.54) is 47.1 Å². The Balaban J connectivity index is 1.56.